The molecular weight excluding hydrogens is 482 g/mol. The smallest absolute Gasteiger partial charge is 0.366 e. The Balaban J connectivity index is 2.09. The second kappa shape index (κ2) is 8.73. The van der Waals surface area contributed by atoms with Gasteiger partial charge in [0.15, 0.2) is 5.69 Å². The molecule has 0 saturated heterocycles. The van der Waals surface area contributed by atoms with Gasteiger partial charge in [-0.2, -0.15) is 23.5 Å². The molecule has 0 unspecified atom stereocenters. The monoisotopic (exact) mass is 497 g/mol. The molecule has 0 bridgehead atoms. The van der Waals surface area contributed by atoms with E-state index in [1.165, 1.54) is 25.1 Å². The highest BCUT2D eigenvalue weighted by molar-refractivity contribution is 6.15. The molecule has 9 nitrogen and oxygen atoms in total. The molecule has 0 saturated carbocycles. The van der Waals surface area contributed by atoms with Crippen molar-refractivity contribution < 1.29 is 27.2 Å². The van der Waals surface area contributed by atoms with Crippen molar-refractivity contribution in [2.75, 3.05) is 0 Å². The number of nitrogens with two attached hydrogens (primary N) is 2. The van der Waals surface area contributed by atoms with Crippen LogP contribution in [-0.2, 0) is 12.7 Å². The van der Waals surface area contributed by atoms with E-state index in [0.717, 1.165) is 22.9 Å². The number of hydrogen-bond acceptors (Lipinski definition) is 6. The number of hydrogen-bond donors (Lipinski definition) is 2. The number of amides is 2. The highest BCUT2D eigenvalue weighted by atomic mass is 19.4. The zero-order valence-corrected chi connectivity index (χ0v) is 18.4. The average molecular weight is 497 g/mol. The normalized spacial score (nSPS) is 11.4. The molecule has 4 rings (SSSR count). The SMILES string of the molecule is Cc1c(-c2c(C(N)=O)nc3cc(F)ccc3c2C(N)=O)c(C(F)(F)F)nn1Cc1cccc(C#N)n1. The molecule has 0 radical (unpaired) electrons. The molecule has 182 valence electrons. The van der Waals surface area contributed by atoms with Gasteiger partial charge in [0, 0.05) is 28.3 Å². The van der Waals surface area contributed by atoms with E-state index < -0.39 is 51.9 Å². The number of aromatic nitrogens is 4. The Bertz CT molecular complexity index is 1600. The first-order valence-electron chi connectivity index (χ1n) is 10.2. The zero-order valence-electron chi connectivity index (χ0n) is 18.4. The highest BCUT2D eigenvalue weighted by Gasteiger charge is 2.41. The Hall–Kier alpha value is -4.86. The van der Waals surface area contributed by atoms with Crippen LogP contribution in [0, 0.1) is 24.1 Å². The average Bonchev–Trinajstić information content (AvgIpc) is 3.13. The van der Waals surface area contributed by atoms with Crippen molar-refractivity contribution >= 4 is 22.7 Å². The first kappa shape index (κ1) is 24.3. The van der Waals surface area contributed by atoms with Gasteiger partial charge < -0.3 is 11.5 Å². The fourth-order valence-corrected chi connectivity index (χ4v) is 3.90. The molecule has 4 aromatic rings. The van der Waals surface area contributed by atoms with E-state index in [9.17, 15) is 27.2 Å². The van der Waals surface area contributed by atoms with Crippen LogP contribution in [0.1, 0.15) is 43.6 Å². The van der Waals surface area contributed by atoms with Gasteiger partial charge in [0.2, 0.25) is 5.91 Å². The van der Waals surface area contributed by atoms with E-state index >= 15 is 0 Å². The predicted octanol–water partition coefficient (Wildman–Crippen LogP) is 3.08. The fraction of sp³-hybridized carbons (Fsp3) is 0.130. The number of nitrogens with zero attached hydrogens (tertiary/aromatic N) is 5. The van der Waals surface area contributed by atoms with Crippen LogP contribution >= 0.6 is 0 Å². The standard InChI is InChI=1S/C23H15F4N7O2/c1-10-16(20(23(25,26)27)33-34(10)9-13-4-2-3-12(8-28)31-13)18-17(21(29)35)14-6-5-11(24)7-15(14)32-19(18)22(30)36/h2-7H,9H2,1H3,(H2,29,35)(H2,30,36). The van der Waals surface area contributed by atoms with Gasteiger partial charge in [-0.05, 0) is 31.2 Å². The zero-order chi connectivity index (χ0) is 26.4. The second-order valence-corrected chi connectivity index (χ2v) is 7.69. The summed E-state index contributed by atoms with van der Waals surface area (Å²) in [6.45, 7) is 1.02. The van der Waals surface area contributed by atoms with Gasteiger partial charge in [0.25, 0.3) is 5.91 Å². The van der Waals surface area contributed by atoms with E-state index in [2.05, 4.69) is 15.1 Å². The summed E-state index contributed by atoms with van der Waals surface area (Å²) in [5, 5.41) is 12.7. The van der Waals surface area contributed by atoms with Crippen molar-refractivity contribution in [1.82, 2.24) is 19.7 Å². The maximum atomic E-state index is 14.2. The summed E-state index contributed by atoms with van der Waals surface area (Å²) in [5.41, 5.74) is 7.10. The molecule has 0 fully saturated rings. The lowest BCUT2D eigenvalue weighted by atomic mass is 9.92. The van der Waals surface area contributed by atoms with Crippen molar-refractivity contribution in [3.63, 3.8) is 0 Å². The minimum atomic E-state index is -5.03. The molecule has 3 aromatic heterocycles. The van der Waals surface area contributed by atoms with E-state index in [1.54, 1.807) is 0 Å². The Morgan fingerprint density at radius 1 is 1.08 bits per heavy atom. The summed E-state index contributed by atoms with van der Waals surface area (Å²) in [4.78, 5) is 32.8. The van der Waals surface area contributed by atoms with Gasteiger partial charge in [-0.25, -0.2) is 14.4 Å². The molecule has 0 aliphatic heterocycles. The number of carbonyl (C=O) groups is 2. The Morgan fingerprint density at radius 2 is 1.81 bits per heavy atom. The minimum Gasteiger partial charge on any atom is -0.366 e. The molecule has 0 aliphatic carbocycles. The minimum absolute atomic E-state index is 0.0477. The molecule has 36 heavy (non-hydrogen) atoms. The topological polar surface area (TPSA) is 154 Å². The summed E-state index contributed by atoms with van der Waals surface area (Å²) < 4.78 is 57.3. The lowest BCUT2D eigenvalue weighted by molar-refractivity contribution is -0.141. The lowest BCUT2D eigenvalue weighted by Crippen LogP contribution is -2.21. The summed E-state index contributed by atoms with van der Waals surface area (Å²) in [6.07, 6.45) is -5.03. The molecule has 0 atom stereocenters. The number of pyridine rings is 2. The highest BCUT2D eigenvalue weighted by Crippen LogP contribution is 2.42. The van der Waals surface area contributed by atoms with Crippen molar-refractivity contribution in [2.24, 2.45) is 11.5 Å². The van der Waals surface area contributed by atoms with Crippen LogP contribution in [-0.4, -0.2) is 31.6 Å². The van der Waals surface area contributed by atoms with Gasteiger partial charge in [-0.3, -0.25) is 14.3 Å². The van der Waals surface area contributed by atoms with Crippen LogP contribution in [0.25, 0.3) is 22.0 Å². The van der Waals surface area contributed by atoms with E-state index in [0.29, 0.717) is 0 Å². The van der Waals surface area contributed by atoms with Crippen LogP contribution in [0.2, 0.25) is 0 Å². The Kier molecular flexibility index (Phi) is 5.89. The number of halogens is 4. The number of carbonyl (C=O) groups excluding carboxylic acids is 2. The summed E-state index contributed by atoms with van der Waals surface area (Å²) >= 11 is 0. The van der Waals surface area contributed by atoms with Gasteiger partial charge in [-0.1, -0.05) is 6.07 Å². The van der Waals surface area contributed by atoms with E-state index in [-0.39, 0.29) is 34.5 Å². The molecule has 4 N–H and O–H groups in total. The van der Waals surface area contributed by atoms with E-state index in [1.807, 2.05) is 6.07 Å². The first-order valence-corrected chi connectivity index (χ1v) is 10.2. The fourth-order valence-electron chi connectivity index (χ4n) is 3.90. The number of benzene rings is 1. The largest absolute Gasteiger partial charge is 0.435 e. The third kappa shape index (κ3) is 4.20. The van der Waals surface area contributed by atoms with Crippen molar-refractivity contribution in [3.8, 4) is 17.2 Å². The van der Waals surface area contributed by atoms with E-state index in [4.69, 9.17) is 16.7 Å². The first-order chi connectivity index (χ1) is 16.9. The summed E-state index contributed by atoms with van der Waals surface area (Å²) in [7, 11) is 0. The van der Waals surface area contributed by atoms with Crippen LogP contribution < -0.4 is 11.5 Å². The van der Waals surface area contributed by atoms with Crippen molar-refractivity contribution in [2.45, 2.75) is 19.6 Å². The predicted molar refractivity (Wildman–Crippen MR) is 118 cm³/mol. The number of primary amides is 2. The maximum absolute atomic E-state index is 14.2. The van der Waals surface area contributed by atoms with Gasteiger partial charge >= 0.3 is 6.18 Å². The Labute approximate surface area is 200 Å². The molecular formula is C23H15F4N7O2. The summed E-state index contributed by atoms with van der Waals surface area (Å²) in [6, 6.07) is 9.25. The molecule has 0 spiro atoms. The van der Waals surface area contributed by atoms with Gasteiger partial charge in [0.05, 0.1) is 23.3 Å². The number of alkyl halides is 3. The van der Waals surface area contributed by atoms with Crippen LogP contribution in [0.3, 0.4) is 0 Å². The molecule has 0 aliphatic rings. The molecule has 3 heterocycles. The van der Waals surface area contributed by atoms with Crippen LogP contribution in [0.4, 0.5) is 17.6 Å². The lowest BCUT2D eigenvalue weighted by Gasteiger charge is -2.16. The maximum Gasteiger partial charge on any atom is 0.435 e. The van der Waals surface area contributed by atoms with Crippen molar-refractivity contribution in [1.29, 1.82) is 5.26 Å². The van der Waals surface area contributed by atoms with Gasteiger partial charge in [0.1, 0.15) is 23.3 Å². The third-order valence-corrected chi connectivity index (χ3v) is 5.39. The number of fused-ring (bicyclic) bond motifs is 1. The summed E-state index contributed by atoms with van der Waals surface area (Å²) in [5.74, 6) is -3.21. The van der Waals surface area contributed by atoms with Crippen LogP contribution in [0.5, 0.6) is 0 Å². The quantitative estimate of drug-likeness (QED) is 0.404. The van der Waals surface area contributed by atoms with Crippen molar-refractivity contribution in [3.05, 3.63) is 76.2 Å². The molecule has 1 aromatic carbocycles. The number of rotatable bonds is 5. The van der Waals surface area contributed by atoms with Gasteiger partial charge in [-0.15, -0.1) is 0 Å². The third-order valence-electron chi connectivity index (χ3n) is 5.39. The second-order valence-electron chi connectivity index (χ2n) is 7.69. The molecule has 2 amide bonds. The van der Waals surface area contributed by atoms with Crippen LogP contribution in [0.15, 0.2) is 36.4 Å². The Morgan fingerprint density at radius 3 is 2.42 bits per heavy atom. The molecule has 13 heteroatoms. The number of nitriles is 1.